The van der Waals surface area contributed by atoms with Crippen molar-refractivity contribution in [3.8, 4) is 11.5 Å². The van der Waals surface area contributed by atoms with Gasteiger partial charge in [0.2, 0.25) is 0 Å². The quantitative estimate of drug-likeness (QED) is 0.728. The second-order valence-corrected chi connectivity index (χ2v) is 3.00. The van der Waals surface area contributed by atoms with Crippen LogP contribution in [0.25, 0.3) is 0 Å². The Balaban J connectivity index is 2.54. The van der Waals surface area contributed by atoms with Crippen molar-refractivity contribution in [1.29, 1.82) is 0 Å². The van der Waals surface area contributed by atoms with E-state index in [2.05, 4.69) is 0 Å². The van der Waals surface area contributed by atoms with E-state index in [-0.39, 0.29) is 11.9 Å². The monoisotopic (exact) mass is 207 g/mol. The third kappa shape index (κ3) is 4.17. The lowest BCUT2D eigenvalue weighted by molar-refractivity contribution is -0.297. The zero-order valence-corrected chi connectivity index (χ0v) is 8.21. The SMILES string of the molecule is CC(/C=C/C(=O)[O-])Oc1ccc(O)cc1. The average molecular weight is 207 g/mol. The minimum atomic E-state index is -1.25. The van der Waals surface area contributed by atoms with Crippen molar-refractivity contribution in [2.45, 2.75) is 13.0 Å². The van der Waals surface area contributed by atoms with Gasteiger partial charge in [-0.25, -0.2) is 0 Å². The number of aromatic hydroxyl groups is 1. The number of hydrogen-bond donors (Lipinski definition) is 1. The standard InChI is InChI=1S/C11H12O4/c1-8(2-7-11(13)14)15-10-5-3-9(12)4-6-10/h2-8,12H,1H3,(H,13,14)/p-1/b7-2+. The van der Waals surface area contributed by atoms with Gasteiger partial charge in [-0.15, -0.1) is 0 Å². The highest BCUT2D eigenvalue weighted by atomic mass is 16.5. The minimum absolute atomic E-state index is 0.153. The Morgan fingerprint density at radius 2 is 2.07 bits per heavy atom. The molecule has 0 aliphatic carbocycles. The summed E-state index contributed by atoms with van der Waals surface area (Å²) >= 11 is 0. The van der Waals surface area contributed by atoms with Crippen LogP contribution in [0.3, 0.4) is 0 Å². The molecule has 1 aromatic rings. The summed E-state index contributed by atoms with van der Waals surface area (Å²) in [7, 11) is 0. The molecule has 0 fully saturated rings. The number of benzene rings is 1. The number of carbonyl (C=O) groups is 1. The first-order valence-corrected chi connectivity index (χ1v) is 4.43. The number of carbonyl (C=O) groups excluding carboxylic acids is 1. The lowest BCUT2D eigenvalue weighted by Gasteiger charge is -2.10. The first-order chi connectivity index (χ1) is 7.08. The van der Waals surface area contributed by atoms with E-state index in [9.17, 15) is 9.90 Å². The van der Waals surface area contributed by atoms with Crippen molar-refractivity contribution < 1.29 is 19.7 Å². The second-order valence-electron chi connectivity index (χ2n) is 3.00. The van der Waals surface area contributed by atoms with Gasteiger partial charge in [0.1, 0.15) is 17.6 Å². The molecule has 80 valence electrons. The zero-order valence-electron chi connectivity index (χ0n) is 8.21. The van der Waals surface area contributed by atoms with E-state index in [4.69, 9.17) is 9.84 Å². The number of carboxylic acid groups (broad SMARTS) is 1. The first kappa shape index (κ1) is 11.1. The number of ether oxygens (including phenoxy) is 1. The maximum atomic E-state index is 10.1. The Kier molecular flexibility index (Phi) is 3.74. The molecule has 0 saturated heterocycles. The van der Waals surface area contributed by atoms with Crippen LogP contribution in [-0.2, 0) is 4.79 Å². The van der Waals surface area contributed by atoms with E-state index >= 15 is 0 Å². The molecule has 0 aromatic heterocycles. The Hall–Kier alpha value is -1.97. The molecule has 1 N–H and O–H groups in total. The Bertz CT molecular complexity index is 353. The lowest BCUT2D eigenvalue weighted by Crippen LogP contribution is -2.20. The Morgan fingerprint density at radius 1 is 1.47 bits per heavy atom. The maximum Gasteiger partial charge on any atom is 0.120 e. The summed E-state index contributed by atoms with van der Waals surface area (Å²) in [5, 5.41) is 19.1. The summed E-state index contributed by atoms with van der Waals surface area (Å²) in [4.78, 5) is 10.1. The maximum absolute atomic E-state index is 10.1. The molecule has 0 saturated carbocycles. The van der Waals surface area contributed by atoms with E-state index in [0.717, 1.165) is 6.08 Å². The number of phenolic OH excluding ortho intramolecular Hbond substituents is 1. The zero-order chi connectivity index (χ0) is 11.3. The van der Waals surface area contributed by atoms with Crippen LogP contribution < -0.4 is 9.84 Å². The van der Waals surface area contributed by atoms with Gasteiger partial charge in [-0.05, 0) is 43.3 Å². The second kappa shape index (κ2) is 5.05. The van der Waals surface area contributed by atoms with E-state index in [1.165, 1.54) is 18.2 Å². The van der Waals surface area contributed by atoms with Crippen molar-refractivity contribution in [2.24, 2.45) is 0 Å². The average Bonchev–Trinajstić information content (AvgIpc) is 2.19. The molecule has 4 heteroatoms. The smallest absolute Gasteiger partial charge is 0.120 e. The van der Waals surface area contributed by atoms with Crippen LogP contribution in [0.2, 0.25) is 0 Å². The Morgan fingerprint density at radius 3 is 2.60 bits per heavy atom. The number of carboxylic acids is 1. The van der Waals surface area contributed by atoms with Crippen LogP contribution in [0.4, 0.5) is 0 Å². The molecular formula is C11H11O4-. The fourth-order valence-corrected chi connectivity index (χ4v) is 0.993. The van der Waals surface area contributed by atoms with Gasteiger partial charge >= 0.3 is 0 Å². The predicted octanol–water partition coefficient (Wildman–Crippen LogP) is 0.466. The van der Waals surface area contributed by atoms with Gasteiger partial charge in [-0.2, -0.15) is 0 Å². The summed E-state index contributed by atoms with van der Waals surface area (Å²) in [5.41, 5.74) is 0. The molecule has 0 radical (unpaired) electrons. The van der Waals surface area contributed by atoms with Crippen LogP contribution >= 0.6 is 0 Å². The van der Waals surface area contributed by atoms with Crippen LogP contribution in [0.15, 0.2) is 36.4 Å². The van der Waals surface area contributed by atoms with Gasteiger partial charge in [-0.1, -0.05) is 0 Å². The topological polar surface area (TPSA) is 69.6 Å². The van der Waals surface area contributed by atoms with Gasteiger partial charge in [0.25, 0.3) is 0 Å². The largest absolute Gasteiger partial charge is 0.545 e. The fraction of sp³-hybridized carbons (Fsp3) is 0.182. The van der Waals surface area contributed by atoms with Crippen molar-refractivity contribution >= 4 is 5.97 Å². The summed E-state index contributed by atoms with van der Waals surface area (Å²) < 4.78 is 5.33. The fourth-order valence-electron chi connectivity index (χ4n) is 0.993. The van der Waals surface area contributed by atoms with Gasteiger partial charge in [0.05, 0.1) is 5.97 Å². The molecular weight excluding hydrogens is 196 g/mol. The first-order valence-electron chi connectivity index (χ1n) is 4.43. The van der Waals surface area contributed by atoms with Crippen LogP contribution in [0.1, 0.15) is 6.92 Å². The van der Waals surface area contributed by atoms with E-state index in [1.807, 2.05) is 0 Å². The summed E-state index contributed by atoms with van der Waals surface area (Å²) in [6.07, 6.45) is 1.93. The highest BCUT2D eigenvalue weighted by Crippen LogP contribution is 2.17. The molecule has 1 aromatic carbocycles. The normalized spacial score (nSPS) is 12.6. The number of hydrogen-bond acceptors (Lipinski definition) is 4. The third-order valence-electron chi connectivity index (χ3n) is 1.66. The molecule has 1 rings (SSSR count). The molecule has 0 bridgehead atoms. The van der Waals surface area contributed by atoms with Gasteiger partial charge in [0, 0.05) is 0 Å². The highest BCUT2D eigenvalue weighted by Gasteiger charge is 1.99. The molecule has 0 spiro atoms. The van der Waals surface area contributed by atoms with Crippen molar-refractivity contribution in [2.75, 3.05) is 0 Å². The van der Waals surface area contributed by atoms with Gasteiger partial charge in [0.15, 0.2) is 0 Å². The summed E-state index contributed by atoms with van der Waals surface area (Å²) in [5.74, 6) is -0.542. The van der Waals surface area contributed by atoms with E-state index < -0.39 is 5.97 Å². The van der Waals surface area contributed by atoms with Crippen molar-refractivity contribution in [1.82, 2.24) is 0 Å². The molecule has 1 atom stereocenters. The van der Waals surface area contributed by atoms with Gasteiger partial charge in [-0.3, -0.25) is 0 Å². The van der Waals surface area contributed by atoms with E-state index in [1.54, 1.807) is 19.1 Å². The number of rotatable bonds is 4. The summed E-state index contributed by atoms with van der Waals surface area (Å²) in [6, 6.07) is 6.17. The van der Waals surface area contributed by atoms with Crippen LogP contribution in [0.5, 0.6) is 11.5 Å². The molecule has 4 nitrogen and oxygen atoms in total. The molecule has 0 aliphatic heterocycles. The van der Waals surface area contributed by atoms with E-state index in [0.29, 0.717) is 5.75 Å². The molecule has 0 amide bonds. The predicted molar refractivity (Wildman–Crippen MR) is 52.3 cm³/mol. The van der Waals surface area contributed by atoms with Crippen molar-refractivity contribution in [3.05, 3.63) is 36.4 Å². The lowest BCUT2D eigenvalue weighted by atomic mass is 10.3. The van der Waals surface area contributed by atoms with Crippen molar-refractivity contribution in [3.63, 3.8) is 0 Å². The van der Waals surface area contributed by atoms with Crippen LogP contribution in [-0.4, -0.2) is 17.2 Å². The number of phenols is 1. The number of aliphatic carboxylic acids is 1. The molecule has 0 heterocycles. The minimum Gasteiger partial charge on any atom is -0.545 e. The Labute approximate surface area is 87.4 Å². The summed E-state index contributed by atoms with van der Waals surface area (Å²) in [6.45, 7) is 1.70. The molecule has 0 aliphatic rings. The highest BCUT2D eigenvalue weighted by molar-refractivity contribution is 5.77. The molecule has 1 unspecified atom stereocenters. The third-order valence-corrected chi connectivity index (χ3v) is 1.66. The molecule has 15 heavy (non-hydrogen) atoms. The van der Waals surface area contributed by atoms with Crippen LogP contribution in [0, 0.1) is 0 Å². The van der Waals surface area contributed by atoms with Gasteiger partial charge < -0.3 is 19.7 Å².